The van der Waals surface area contributed by atoms with Crippen LogP contribution < -0.4 is 0 Å². The van der Waals surface area contributed by atoms with E-state index in [-0.39, 0.29) is 20.1 Å². The number of hydrogen-bond acceptors (Lipinski definition) is 2. The van der Waals surface area contributed by atoms with E-state index in [0.29, 0.717) is 17.2 Å². The number of nitrogens with zero attached hydrogens (tertiary/aromatic N) is 3. The first-order valence-corrected chi connectivity index (χ1v) is 6.53. The first-order valence-electron chi connectivity index (χ1n) is 6.53. The zero-order chi connectivity index (χ0) is 15.7. The molecule has 0 saturated heterocycles. The van der Waals surface area contributed by atoms with Crippen LogP contribution >= 0.6 is 0 Å². The summed E-state index contributed by atoms with van der Waals surface area (Å²) < 4.78 is 39.6. The fourth-order valence-electron chi connectivity index (χ4n) is 2.16. The van der Waals surface area contributed by atoms with Gasteiger partial charge in [0, 0.05) is 25.8 Å². The molecule has 0 saturated carbocycles. The molecule has 0 fully saturated rings. The number of alkyl halides is 3. The Bertz CT molecular complexity index is 781. The largest absolute Gasteiger partial charge is 0.381 e. The summed E-state index contributed by atoms with van der Waals surface area (Å²) in [6.45, 7) is 1.79. The van der Waals surface area contributed by atoms with E-state index in [4.69, 9.17) is 0 Å². The van der Waals surface area contributed by atoms with Crippen molar-refractivity contribution >= 4 is 0 Å². The van der Waals surface area contributed by atoms with Gasteiger partial charge in [-0.05, 0) is 24.6 Å². The first kappa shape index (κ1) is 17.4. The zero-order valence-electron chi connectivity index (χ0n) is 11.9. The minimum atomic E-state index is -4.38. The summed E-state index contributed by atoms with van der Waals surface area (Å²) in [5.41, 5.74) is 0.560. The van der Waals surface area contributed by atoms with Crippen LogP contribution in [0.1, 0.15) is 11.4 Å². The molecule has 1 radical (unpaired) electrons. The molecule has 1 heterocycles. The van der Waals surface area contributed by atoms with Gasteiger partial charge >= 0.3 is 6.18 Å². The quantitative estimate of drug-likeness (QED) is 0.504. The van der Waals surface area contributed by atoms with Crippen molar-refractivity contribution < 1.29 is 33.3 Å². The van der Waals surface area contributed by atoms with Crippen molar-refractivity contribution in [2.75, 3.05) is 0 Å². The van der Waals surface area contributed by atoms with Crippen molar-refractivity contribution in [3.8, 4) is 17.1 Å². The van der Waals surface area contributed by atoms with Crippen LogP contribution in [0.15, 0.2) is 48.5 Å². The second-order valence-corrected chi connectivity index (χ2v) is 4.73. The summed E-state index contributed by atoms with van der Waals surface area (Å²) in [5.74, 6) is 1.10. The number of halogens is 3. The van der Waals surface area contributed by atoms with Gasteiger partial charge in [0.15, 0.2) is 0 Å². The van der Waals surface area contributed by atoms with Crippen LogP contribution in [-0.4, -0.2) is 14.8 Å². The summed E-state index contributed by atoms with van der Waals surface area (Å²) in [4.78, 5) is 0. The molecule has 3 aromatic rings. The predicted molar refractivity (Wildman–Crippen MR) is 75.4 cm³/mol. The Morgan fingerprint density at radius 3 is 2.26 bits per heavy atom. The van der Waals surface area contributed by atoms with Crippen molar-refractivity contribution in [3.63, 3.8) is 0 Å². The first-order chi connectivity index (χ1) is 10.5. The molecule has 0 spiro atoms. The van der Waals surface area contributed by atoms with Gasteiger partial charge in [-0.2, -0.15) is 18.3 Å². The molecule has 1 aromatic heterocycles. The number of hydrogen-bond donors (Lipinski definition) is 0. The topological polar surface area (TPSA) is 30.7 Å². The molecule has 3 nitrogen and oxygen atoms in total. The summed E-state index contributed by atoms with van der Waals surface area (Å²) >= 11 is 0. The Labute approximate surface area is 144 Å². The van der Waals surface area contributed by atoms with Crippen LogP contribution in [0.5, 0.6) is 0 Å². The number of para-hydroxylation sites is 1. The van der Waals surface area contributed by atoms with Gasteiger partial charge in [0.1, 0.15) is 5.82 Å². The van der Waals surface area contributed by atoms with Crippen LogP contribution in [0.2, 0.25) is 0 Å². The van der Waals surface area contributed by atoms with Crippen molar-refractivity contribution in [1.29, 1.82) is 0 Å². The molecule has 121 valence electrons. The SMILES string of the molecule is Cc1nnc(-c2[c-]cc(C(F)(F)F)cc2)n1-c1ccccc1.[Ir]. The number of aryl methyl sites for hydroxylation is 1. The summed E-state index contributed by atoms with van der Waals surface area (Å²) in [6, 6.07) is 15.3. The summed E-state index contributed by atoms with van der Waals surface area (Å²) in [6.07, 6.45) is -4.38. The normalized spacial score (nSPS) is 11.1. The van der Waals surface area contributed by atoms with Gasteiger partial charge in [-0.15, -0.1) is 34.9 Å². The summed E-state index contributed by atoms with van der Waals surface area (Å²) in [5, 5.41) is 8.07. The molecule has 0 bridgehead atoms. The predicted octanol–water partition coefficient (Wildman–Crippen LogP) is 4.06. The van der Waals surface area contributed by atoms with Crippen molar-refractivity contribution in [1.82, 2.24) is 14.8 Å². The van der Waals surface area contributed by atoms with E-state index in [1.165, 1.54) is 6.07 Å². The molecule has 0 aliphatic heterocycles. The van der Waals surface area contributed by atoms with E-state index < -0.39 is 11.7 Å². The van der Waals surface area contributed by atoms with E-state index in [2.05, 4.69) is 16.3 Å². The van der Waals surface area contributed by atoms with Gasteiger partial charge < -0.3 is 4.57 Å². The van der Waals surface area contributed by atoms with E-state index in [1.807, 2.05) is 30.3 Å². The molecule has 3 rings (SSSR count). The van der Waals surface area contributed by atoms with Crippen LogP contribution in [0.4, 0.5) is 13.2 Å². The smallest absolute Gasteiger partial charge is 0.320 e. The van der Waals surface area contributed by atoms with Crippen molar-refractivity contribution in [2.45, 2.75) is 13.1 Å². The van der Waals surface area contributed by atoms with E-state index >= 15 is 0 Å². The Balaban J connectivity index is 0.00000192. The molecular formula is C16H11F3IrN3-. The fraction of sp³-hybridized carbons (Fsp3) is 0.125. The van der Waals surface area contributed by atoms with Crippen LogP contribution in [0.3, 0.4) is 0 Å². The third kappa shape index (κ3) is 3.51. The average molecular weight is 494 g/mol. The molecule has 2 aromatic carbocycles. The van der Waals surface area contributed by atoms with Gasteiger partial charge in [-0.1, -0.05) is 18.2 Å². The molecule has 0 aliphatic rings. The molecule has 7 heteroatoms. The third-order valence-electron chi connectivity index (χ3n) is 3.22. The third-order valence-corrected chi connectivity index (χ3v) is 3.22. The van der Waals surface area contributed by atoms with Gasteiger partial charge in [-0.25, -0.2) is 0 Å². The van der Waals surface area contributed by atoms with Gasteiger partial charge in [0.05, 0.1) is 5.82 Å². The molecular weight excluding hydrogens is 483 g/mol. The molecule has 0 atom stereocenters. The van der Waals surface area contributed by atoms with Gasteiger partial charge in [0.25, 0.3) is 0 Å². The molecule has 0 aliphatic carbocycles. The maximum Gasteiger partial charge on any atom is 0.381 e. The number of benzene rings is 2. The standard InChI is InChI=1S/C16H11F3N3.Ir/c1-11-20-21-15(22(11)14-5-3-2-4-6-14)12-7-9-13(10-8-12)16(17,18)19;/h2-7,9-10H,1H3;/q-1;. The second kappa shape index (κ2) is 6.64. The Kier molecular flexibility index (Phi) is 5.02. The second-order valence-electron chi connectivity index (χ2n) is 4.73. The fourth-order valence-corrected chi connectivity index (χ4v) is 2.16. The minimum Gasteiger partial charge on any atom is -0.320 e. The van der Waals surface area contributed by atoms with E-state index in [0.717, 1.165) is 17.8 Å². The van der Waals surface area contributed by atoms with Crippen molar-refractivity contribution in [3.05, 3.63) is 66.0 Å². The molecule has 0 amide bonds. The van der Waals surface area contributed by atoms with Crippen LogP contribution in [-0.2, 0) is 26.3 Å². The van der Waals surface area contributed by atoms with Gasteiger partial charge in [0.2, 0.25) is 0 Å². The Morgan fingerprint density at radius 2 is 1.70 bits per heavy atom. The summed E-state index contributed by atoms with van der Waals surface area (Å²) in [7, 11) is 0. The number of rotatable bonds is 2. The molecule has 0 unspecified atom stereocenters. The van der Waals surface area contributed by atoms with Gasteiger partial charge in [-0.3, -0.25) is 0 Å². The van der Waals surface area contributed by atoms with Crippen molar-refractivity contribution in [2.24, 2.45) is 0 Å². The molecule has 0 N–H and O–H groups in total. The molecule has 23 heavy (non-hydrogen) atoms. The average Bonchev–Trinajstić information content (AvgIpc) is 2.89. The Morgan fingerprint density at radius 1 is 1.00 bits per heavy atom. The zero-order valence-corrected chi connectivity index (χ0v) is 14.3. The number of aromatic nitrogens is 3. The van der Waals surface area contributed by atoms with E-state index in [9.17, 15) is 13.2 Å². The Hall–Kier alpha value is -1.98. The minimum absolute atomic E-state index is 0. The van der Waals surface area contributed by atoms with Crippen LogP contribution in [0, 0.1) is 13.0 Å². The van der Waals surface area contributed by atoms with E-state index in [1.54, 1.807) is 11.5 Å². The van der Waals surface area contributed by atoms with Crippen LogP contribution in [0.25, 0.3) is 17.1 Å². The maximum atomic E-state index is 12.6. The monoisotopic (exact) mass is 495 g/mol. The maximum absolute atomic E-state index is 12.6.